The SMILES string of the molecule is O=C(C1CC1)N1CCC[C@H](C(=O)N(C2CCCC2)C2CC2)C1. The zero-order valence-electron chi connectivity index (χ0n) is 13.5. The lowest BCUT2D eigenvalue weighted by molar-refractivity contribution is -0.143. The molecule has 0 N–H and O–H groups in total. The molecule has 0 bridgehead atoms. The Morgan fingerprint density at radius 1 is 0.773 bits per heavy atom. The topological polar surface area (TPSA) is 40.6 Å². The first-order valence-electron chi connectivity index (χ1n) is 9.35. The number of carbonyl (C=O) groups is 2. The van der Waals surface area contributed by atoms with Crippen molar-refractivity contribution in [1.82, 2.24) is 9.80 Å². The summed E-state index contributed by atoms with van der Waals surface area (Å²) in [5.74, 6) is 1.03. The molecular formula is C18H28N2O2. The molecule has 4 fully saturated rings. The van der Waals surface area contributed by atoms with Gasteiger partial charge in [-0.2, -0.15) is 0 Å². The first-order chi connectivity index (χ1) is 10.7. The van der Waals surface area contributed by atoms with Crippen molar-refractivity contribution in [1.29, 1.82) is 0 Å². The van der Waals surface area contributed by atoms with Crippen LogP contribution in [0.15, 0.2) is 0 Å². The summed E-state index contributed by atoms with van der Waals surface area (Å²) in [7, 11) is 0. The van der Waals surface area contributed by atoms with E-state index in [2.05, 4.69) is 4.90 Å². The monoisotopic (exact) mass is 304 g/mol. The van der Waals surface area contributed by atoms with Gasteiger partial charge in [0.25, 0.3) is 0 Å². The summed E-state index contributed by atoms with van der Waals surface area (Å²) in [6.45, 7) is 1.55. The quantitative estimate of drug-likeness (QED) is 0.801. The van der Waals surface area contributed by atoms with Gasteiger partial charge in [0.1, 0.15) is 0 Å². The van der Waals surface area contributed by atoms with Crippen molar-refractivity contribution in [2.24, 2.45) is 11.8 Å². The molecule has 2 amide bonds. The summed E-state index contributed by atoms with van der Waals surface area (Å²) in [6.07, 6.45) is 11.4. The van der Waals surface area contributed by atoms with E-state index in [1.54, 1.807) is 0 Å². The Hall–Kier alpha value is -1.06. The number of piperidine rings is 1. The molecule has 122 valence electrons. The summed E-state index contributed by atoms with van der Waals surface area (Å²) in [5.41, 5.74) is 0. The minimum absolute atomic E-state index is 0.0673. The number of carbonyl (C=O) groups excluding carboxylic acids is 2. The predicted molar refractivity (Wildman–Crippen MR) is 84.2 cm³/mol. The number of amides is 2. The summed E-state index contributed by atoms with van der Waals surface area (Å²) < 4.78 is 0. The van der Waals surface area contributed by atoms with Crippen molar-refractivity contribution in [2.45, 2.75) is 76.3 Å². The second kappa shape index (κ2) is 5.86. The maximum atomic E-state index is 13.1. The third kappa shape index (κ3) is 2.89. The number of likely N-dealkylation sites (tertiary alicyclic amines) is 1. The van der Waals surface area contributed by atoms with E-state index in [1.807, 2.05) is 4.90 Å². The number of rotatable bonds is 4. The fourth-order valence-electron chi connectivity index (χ4n) is 4.37. The van der Waals surface area contributed by atoms with Gasteiger partial charge >= 0.3 is 0 Å². The molecule has 22 heavy (non-hydrogen) atoms. The van der Waals surface area contributed by atoms with E-state index in [0.717, 1.165) is 32.2 Å². The van der Waals surface area contributed by atoms with Gasteiger partial charge in [0.15, 0.2) is 0 Å². The Morgan fingerprint density at radius 2 is 1.45 bits per heavy atom. The molecule has 0 aromatic rings. The molecule has 1 saturated heterocycles. The van der Waals surface area contributed by atoms with Crippen LogP contribution in [-0.2, 0) is 9.59 Å². The molecule has 1 heterocycles. The molecule has 0 aromatic carbocycles. The van der Waals surface area contributed by atoms with Gasteiger partial charge < -0.3 is 9.80 Å². The minimum Gasteiger partial charge on any atom is -0.342 e. The maximum Gasteiger partial charge on any atom is 0.227 e. The standard InChI is InChI=1S/C18H28N2O2/c21-17(13-7-8-13)19-11-3-4-14(12-19)18(22)20(16-9-10-16)15-5-1-2-6-15/h13-16H,1-12H2/t14-/m0/s1. The van der Waals surface area contributed by atoms with Crippen molar-refractivity contribution in [3.8, 4) is 0 Å². The van der Waals surface area contributed by atoms with Crippen LogP contribution in [0.4, 0.5) is 0 Å². The Kier molecular flexibility index (Phi) is 3.87. The Bertz CT molecular complexity index is 450. The average molecular weight is 304 g/mol. The fraction of sp³-hybridized carbons (Fsp3) is 0.889. The van der Waals surface area contributed by atoms with Crippen LogP contribution in [0.2, 0.25) is 0 Å². The molecule has 4 nitrogen and oxygen atoms in total. The van der Waals surface area contributed by atoms with Crippen LogP contribution in [0.25, 0.3) is 0 Å². The third-order valence-electron chi connectivity index (χ3n) is 5.92. The molecule has 0 unspecified atom stereocenters. The van der Waals surface area contributed by atoms with E-state index in [1.165, 1.54) is 38.5 Å². The van der Waals surface area contributed by atoms with E-state index in [4.69, 9.17) is 0 Å². The van der Waals surface area contributed by atoms with Crippen LogP contribution in [0.5, 0.6) is 0 Å². The second-order valence-corrected chi connectivity index (χ2v) is 7.81. The number of nitrogens with zero attached hydrogens (tertiary/aromatic N) is 2. The zero-order chi connectivity index (χ0) is 15.1. The molecule has 0 aromatic heterocycles. The molecule has 3 saturated carbocycles. The van der Waals surface area contributed by atoms with E-state index in [0.29, 0.717) is 30.4 Å². The molecular weight excluding hydrogens is 276 g/mol. The van der Waals surface area contributed by atoms with Gasteiger partial charge in [-0.15, -0.1) is 0 Å². The highest BCUT2D eigenvalue weighted by molar-refractivity contribution is 5.84. The highest BCUT2D eigenvalue weighted by Crippen LogP contribution is 2.37. The minimum atomic E-state index is 0.0673. The largest absolute Gasteiger partial charge is 0.342 e. The average Bonchev–Trinajstić information content (AvgIpc) is 3.47. The van der Waals surface area contributed by atoms with Crippen LogP contribution in [0.3, 0.4) is 0 Å². The lowest BCUT2D eigenvalue weighted by Crippen LogP contribution is -2.50. The van der Waals surface area contributed by atoms with Crippen LogP contribution >= 0.6 is 0 Å². The van der Waals surface area contributed by atoms with E-state index in [9.17, 15) is 9.59 Å². The Labute approximate surface area is 133 Å². The smallest absolute Gasteiger partial charge is 0.227 e. The van der Waals surface area contributed by atoms with Gasteiger partial charge in [0.05, 0.1) is 5.92 Å². The predicted octanol–water partition coefficient (Wildman–Crippen LogP) is 2.57. The first kappa shape index (κ1) is 14.5. The van der Waals surface area contributed by atoms with Crippen LogP contribution in [0.1, 0.15) is 64.2 Å². The molecule has 3 aliphatic carbocycles. The molecule has 1 aliphatic heterocycles. The molecule has 4 heteroatoms. The van der Waals surface area contributed by atoms with Gasteiger partial charge in [-0.25, -0.2) is 0 Å². The van der Waals surface area contributed by atoms with Gasteiger partial charge in [-0.05, 0) is 51.4 Å². The summed E-state index contributed by atoms with van der Waals surface area (Å²) in [5, 5.41) is 0. The van der Waals surface area contributed by atoms with Crippen molar-refractivity contribution < 1.29 is 9.59 Å². The Morgan fingerprint density at radius 3 is 2.09 bits per heavy atom. The Balaban J connectivity index is 1.42. The second-order valence-electron chi connectivity index (χ2n) is 7.81. The van der Waals surface area contributed by atoms with Crippen molar-refractivity contribution in [2.75, 3.05) is 13.1 Å². The summed E-state index contributed by atoms with van der Waals surface area (Å²) in [4.78, 5) is 29.7. The van der Waals surface area contributed by atoms with E-state index in [-0.39, 0.29) is 11.8 Å². The zero-order valence-corrected chi connectivity index (χ0v) is 13.5. The molecule has 4 rings (SSSR count). The lowest BCUT2D eigenvalue weighted by atomic mass is 9.95. The van der Waals surface area contributed by atoms with Crippen LogP contribution in [0, 0.1) is 11.8 Å². The van der Waals surface area contributed by atoms with Crippen LogP contribution < -0.4 is 0 Å². The van der Waals surface area contributed by atoms with Gasteiger partial charge in [0, 0.05) is 31.1 Å². The van der Waals surface area contributed by atoms with Crippen molar-refractivity contribution in [3.63, 3.8) is 0 Å². The number of hydrogen-bond donors (Lipinski definition) is 0. The van der Waals surface area contributed by atoms with Crippen molar-refractivity contribution >= 4 is 11.8 Å². The normalized spacial score (nSPS) is 29.6. The molecule has 4 aliphatic rings. The molecule has 0 radical (unpaired) electrons. The lowest BCUT2D eigenvalue weighted by Gasteiger charge is -2.37. The number of hydrogen-bond acceptors (Lipinski definition) is 2. The van der Waals surface area contributed by atoms with Crippen LogP contribution in [-0.4, -0.2) is 46.8 Å². The van der Waals surface area contributed by atoms with E-state index >= 15 is 0 Å². The maximum absolute atomic E-state index is 13.1. The third-order valence-corrected chi connectivity index (χ3v) is 5.92. The van der Waals surface area contributed by atoms with E-state index < -0.39 is 0 Å². The van der Waals surface area contributed by atoms with Gasteiger partial charge in [-0.1, -0.05) is 12.8 Å². The van der Waals surface area contributed by atoms with Gasteiger partial charge in [0.2, 0.25) is 11.8 Å². The van der Waals surface area contributed by atoms with Gasteiger partial charge in [-0.3, -0.25) is 9.59 Å². The molecule has 1 atom stereocenters. The highest BCUT2D eigenvalue weighted by atomic mass is 16.2. The fourth-order valence-corrected chi connectivity index (χ4v) is 4.37. The molecule has 0 spiro atoms. The first-order valence-corrected chi connectivity index (χ1v) is 9.35. The summed E-state index contributed by atoms with van der Waals surface area (Å²) >= 11 is 0. The summed E-state index contributed by atoms with van der Waals surface area (Å²) in [6, 6.07) is 1.01. The highest BCUT2D eigenvalue weighted by Gasteiger charge is 2.43. The van der Waals surface area contributed by atoms with Crippen molar-refractivity contribution in [3.05, 3.63) is 0 Å².